The summed E-state index contributed by atoms with van der Waals surface area (Å²) in [6.45, 7) is 5.92. The van der Waals surface area contributed by atoms with E-state index in [9.17, 15) is 18.0 Å². The summed E-state index contributed by atoms with van der Waals surface area (Å²) in [5.74, 6) is -0.264. The summed E-state index contributed by atoms with van der Waals surface area (Å²) >= 11 is 0. The second kappa shape index (κ2) is 12.8. The number of benzene rings is 2. The maximum Gasteiger partial charge on any atom is 0.243 e. The highest BCUT2D eigenvalue weighted by Gasteiger charge is 2.28. The van der Waals surface area contributed by atoms with Crippen molar-refractivity contribution in [2.24, 2.45) is 0 Å². The quantitative estimate of drug-likeness (QED) is 0.451. The van der Waals surface area contributed by atoms with Gasteiger partial charge in [0.1, 0.15) is 6.04 Å². The summed E-state index contributed by atoms with van der Waals surface area (Å²) in [5.41, 5.74) is 1.85. The van der Waals surface area contributed by atoms with Gasteiger partial charge in [-0.15, -0.1) is 0 Å². The molecular formula is C27H37N3O4S. The minimum Gasteiger partial charge on any atom is -0.354 e. The van der Waals surface area contributed by atoms with Crippen molar-refractivity contribution < 1.29 is 18.0 Å². The molecule has 1 saturated heterocycles. The molecule has 1 unspecified atom stereocenters. The van der Waals surface area contributed by atoms with Crippen LogP contribution in [0.1, 0.15) is 57.1 Å². The molecule has 35 heavy (non-hydrogen) atoms. The SMILES string of the molecule is CCCCNC(=O)C(C)N(Cc1ccccc1)C(=O)CCc1ccc(S(=O)(=O)N2CCCC2)cc1. The number of rotatable bonds is 12. The predicted octanol–water partition coefficient (Wildman–Crippen LogP) is 3.74. The first-order valence-corrected chi connectivity index (χ1v) is 14.0. The highest BCUT2D eigenvalue weighted by Crippen LogP contribution is 2.21. The lowest BCUT2D eigenvalue weighted by Gasteiger charge is -2.29. The highest BCUT2D eigenvalue weighted by molar-refractivity contribution is 7.89. The third-order valence-corrected chi connectivity index (χ3v) is 8.36. The Morgan fingerprint density at radius 3 is 2.29 bits per heavy atom. The van der Waals surface area contributed by atoms with E-state index < -0.39 is 16.1 Å². The average molecular weight is 500 g/mol. The van der Waals surface area contributed by atoms with Crippen molar-refractivity contribution in [3.63, 3.8) is 0 Å². The third kappa shape index (κ3) is 7.39. The molecule has 2 amide bonds. The van der Waals surface area contributed by atoms with E-state index in [1.54, 1.807) is 36.1 Å². The minimum absolute atomic E-state index is 0.110. The Balaban J connectivity index is 1.65. The number of nitrogens with one attached hydrogen (secondary N) is 1. The van der Waals surface area contributed by atoms with Crippen molar-refractivity contribution >= 4 is 21.8 Å². The molecule has 1 N–H and O–H groups in total. The van der Waals surface area contributed by atoms with E-state index in [1.807, 2.05) is 30.3 Å². The van der Waals surface area contributed by atoms with Gasteiger partial charge in [0.05, 0.1) is 4.90 Å². The lowest BCUT2D eigenvalue weighted by Crippen LogP contribution is -2.47. The molecule has 0 bridgehead atoms. The van der Waals surface area contributed by atoms with Crippen LogP contribution in [-0.4, -0.2) is 55.1 Å². The molecule has 0 aliphatic carbocycles. The fraction of sp³-hybridized carbons (Fsp3) is 0.481. The molecule has 1 aliphatic heterocycles. The van der Waals surface area contributed by atoms with Crippen molar-refractivity contribution in [2.75, 3.05) is 19.6 Å². The fourth-order valence-corrected chi connectivity index (χ4v) is 5.72. The standard InChI is InChI=1S/C27H37N3O4S/c1-3-4-18-28-27(32)22(2)30(21-24-10-6-5-7-11-24)26(31)17-14-23-12-15-25(16-13-23)35(33,34)29-19-8-9-20-29/h5-7,10-13,15-16,22H,3-4,8-9,14,17-21H2,1-2H3,(H,28,32). The molecule has 2 aromatic rings. The molecular weight excluding hydrogens is 462 g/mol. The zero-order valence-electron chi connectivity index (χ0n) is 20.8. The summed E-state index contributed by atoms with van der Waals surface area (Å²) in [6.07, 6.45) is 4.38. The monoisotopic (exact) mass is 499 g/mol. The lowest BCUT2D eigenvalue weighted by molar-refractivity contribution is -0.140. The Morgan fingerprint density at radius 1 is 1.00 bits per heavy atom. The molecule has 7 nitrogen and oxygen atoms in total. The average Bonchev–Trinajstić information content (AvgIpc) is 3.42. The first kappa shape index (κ1) is 26.9. The topological polar surface area (TPSA) is 86.8 Å². The molecule has 0 spiro atoms. The van der Waals surface area contributed by atoms with E-state index >= 15 is 0 Å². The Labute approximate surface area is 209 Å². The second-order valence-electron chi connectivity index (χ2n) is 9.08. The van der Waals surface area contributed by atoms with E-state index in [-0.39, 0.29) is 23.1 Å². The molecule has 0 aromatic heterocycles. The van der Waals surface area contributed by atoms with E-state index in [0.717, 1.165) is 36.8 Å². The summed E-state index contributed by atoms with van der Waals surface area (Å²) < 4.78 is 27.0. The minimum atomic E-state index is -3.45. The van der Waals surface area contributed by atoms with Crippen molar-refractivity contribution in [3.8, 4) is 0 Å². The van der Waals surface area contributed by atoms with Gasteiger partial charge in [-0.05, 0) is 55.9 Å². The zero-order chi connectivity index (χ0) is 25.3. The van der Waals surface area contributed by atoms with Crippen LogP contribution in [0.5, 0.6) is 0 Å². The molecule has 0 saturated carbocycles. The van der Waals surface area contributed by atoms with Gasteiger partial charge < -0.3 is 10.2 Å². The van der Waals surface area contributed by atoms with Gasteiger partial charge in [-0.2, -0.15) is 4.31 Å². The maximum absolute atomic E-state index is 13.2. The number of sulfonamides is 1. The summed E-state index contributed by atoms with van der Waals surface area (Å²) in [4.78, 5) is 27.9. The fourth-order valence-electron chi connectivity index (χ4n) is 4.20. The van der Waals surface area contributed by atoms with Crippen LogP contribution in [0.2, 0.25) is 0 Å². The normalized spacial score (nSPS) is 15.0. The van der Waals surface area contributed by atoms with Gasteiger partial charge in [0.2, 0.25) is 21.8 Å². The summed E-state index contributed by atoms with van der Waals surface area (Å²) in [7, 11) is -3.45. The first-order chi connectivity index (χ1) is 16.8. The van der Waals surface area contributed by atoms with Gasteiger partial charge in [-0.25, -0.2) is 8.42 Å². The Morgan fingerprint density at radius 2 is 1.66 bits per heavy atom. The van der Waals surface area contributed by atoms with Gasteiger partial charge in [-0.1, -0.05) is 55.8 Å². The number of carbonyl (C=O) groups excluding carboxylic acids is 2. The largest absolute Gasteiger partial charge is 0.354 e. The van der Waals surface area contributed by atoms with Gasteiger partial charge in [0, 0.05) is 32.6 Å². The molecule has 1 heterocycles. The molecule has 8 heteroatoms. The van der Waals surface area contributed by atoms with E-state index in [0.29, 0.717) is 32.6 Å². The Kier molecular flexibility index (Phi) is 9.86. The number of hydrogen-bond acceptors (Lipinski definition) is 4. The number of carbonyl (C=O) groups is 2. The van der Waals surface area contributed by atoms with Gasteiger partial charge >= 0.3 is 0 Å². The molecule has 0 radical (unpaired) electrons. The van der Waals surface area contributed by atoms with Crippen LogP contribution in [-0.2, 0) is 32.6 Å². The predicted molar refractivity (Wildman–Crippen MR) is 137 cm³/mol. The van der Waals surface area contributed by atoms with Crippen LogP contribution in [0.15, 0.2) is 59.5 Å². The molecule has 1 fully saturated rings. The van der Waals surface area contributed by atoms with Crippen molar-refractivity contribution in [2.45, 2.75) is 69.9 Å². The van der Waals surface area contributed by atoms with Gasteiger partial charge in [-0.3, -0.25) is 9.59 Å². The maximum atomic E-state index is 13.2. The number of nitrogens with zero attached hydrogens (tertiary/aromatic N) is 2. The Bertz CT molecular complexity index is 1070. The van der Waals surface area contributed by atoms with Crippen LogP contribution < -0.4 is 5.32 Å². The van der Waals surface area contributed by atoms with Gasteiger partial charge in [0.25, 0.3) is 0 Å². The van der Waals surface area contributed by atoms with Crippen molar-refractivity contribution in [3.05, 3.63) is 65.7 Å². The molecule has 1 aliphatic rings. The number of aryl methyl sites for hydroxylation is 1. The number of unbranched alkanes of at least 4 members (excludes halogenated alkanes) is 1. The van der Waals surface area contributed by atoms with E-state index in [1.165, 1.54) is 4.31 Å². The lowest BCUT2D eigenvalue weighted by atomic mass is 10.1. The highest BCUT2D eigenvalue weighted by atomic mass is 32.2. The molecule has 3 rings (SSSR count). The van der Waals surface area contributed by atoms with Crippen LogP contribution >= 0.6 is 0 Å². The molecule has 2 aromatic carbocycles. The second-order valence-corrected chi connectivity index (χ2v) is 11.0. The molecule has 190 valence electrons. The van der Waals surface area contributed by atoms with Gasteiger partial charge in [0.15, 0.2) is 0 Å². The Hall–Kier alpha value is -2.71. The van der Waals surface area contributed by atoms with Crippen molar-refractivity contribution in [1.29, 1.82) is 0 Å². The van der Waals surface area contributed by atoms with E-state index in [2.05, 4.69) is 12.2 Å². The number of hydrogen-bond donors (Lipinski definition) is 1. The van der Waals surface area contributed by atoms with Crippen LogP contribution in [0, 0.1) is 0 Å². The van der Waals surface area contributed by atoms with Crippen LogP contribution in [0.25, 0.3) is 0 Å². The third-order valence-electron chi connectivity index (χ3n) is 6.45. The smallest absolute Gasteiger partial charge is 0.243 e. The summed E-state index contributed by atoms with van der Waals surface area (Å²) in [5, 5.41) is 2.93. The summed E-state index contributed by atoms with van der Waals surface area (Å²) in [6, 6.07) is 15.9. The molecule has 1 atom stereocenters. The first-order valence-electron chi connectivity index (χ1n) is 12.5. The number of amides is 2. The van der Waals surface area contributed by atoms with Crippen molar-refractivity contribution in [1.82, 2.24) is 14.5 Å². The van der Waals surface area contributed by atoms with Crippen LogP contribution in [0.3, 0.4) is 0 Å². The zero-order valence-corrected chi connectivity index (χ0v) is 21.6. The van der Waals surface area contributed by atoms with Crippen LogP contribution in [0.4, 0.5) is 0 Å². The van der Waals surface area contributed by atoms with E-state index in [4.69, 9.17) is 0 Å².